The van der Waals surface area contributed by atoms with Crippen LogP contribution in [0.3, 0.4) is 0 Å². The third kappa shape index (κ3) is 5.09. The van der Waals surface area contributed by atoms with E-state index in [0.29, 0.717) is 5.88 Å². The molecule has 0 saturated carbocycles. The van der Waals surface area contributed by atoms with Gasteiger partial charge in [-0.2, -0.15) is 0 Å². The molecular weight excluding hydrogens is 437 g/mol. The molecule has 1 unspecified atom stereocenters. The van der Waals surface area contributed by atoms with Crippen LogP contribution in [-0.2, 0) is 4.79 Å². The summed E-state index contributed by atoms with van der Waals surface area (Å²) in [5, 5.41) is 0. The van der Waals surface area contributed by atoms with Crippen molar-refractivity contribution in [2.24, 2.45) is 0 Å². The van der Waals surface area contributed by atoms with E-state index in [1.54, 1.807) is 13.1 Å². The Morgan fingerprint density at radius 3 is 2.70 bits per heavy atom. The van der Waals surface area contributed by atoms with E-state index in [4.69, 9.17) is 4.74 Å². The predicted molar refractivity (Wildman–Crippen MR) is 120 cm³/mol. The fourth-order valence-corrected chi connectivity index (χ4v) is 5.66. The van der Waals surface area contributed by atoms with Gasteiger partial charge < -0.3 is 0 Å². The molecule has 2 aromatic heterocycles. The van der Waals surface area contributed by atoms with Crippen molar-refractivity contribution in [3.8, 4) is 11.6 Å². The fourth-order valence-electron chi connectivity index (χ4n) is 3.72. The van der Waals surface area contributed by atoms with E-state index in [0.717, 1.165) is 37.2 Å². The Kier molecular flexibility index (Phi) is 6.49. The Balaban J connectivity index is 1.47. The fraction of sp³-hybridized carbons (Fsp3) is 0.292. The Bertz CT molecular complexity index is 1010. The number of piperidine rings is 1. The second-order valence-corrected chi connectivity index (χ2v) is 10.5. The van der Waals surface area contributed by atoms with Crippen molar-refractivity contribution in [2.75, 3.05) is 13.1 Å². The van der Waals surface area contributed by atoms with Gasteiger partial charge in [0.05, 0.1) is 0 Å². The van der Waals surface area contributed by atoms with Crippen LogP contribution in [0.5, 0.6) is 11.6 Å². The first-order valence-corrected chi connectivity index (χ1v) is 12.4. The van der Waals surface area contributed by atoms with Gasteiger partial charge >= 0.3 is 184 Å². The quantitative estimate of drug-likeness (QED) is 0.546. The molecule has 5 nitrogen and oxygen atoms in total. The van der Waals surface area contributed by atoms with Crippen LogP contribution in [-0.4, -0.2) is 49.6 Å². The summed E-state index contributed by atoms with van der Waals surface area (Å²) in [5.41, 5.74) is 2.26. The first-order chi connectivity index (χ1) is 14.6. The Hall–Kier alpha value is -2.65. The van der Waals surface area contributed by atoms with Crippen molar-refractivity contribution in [3.05, 3.63) is 72.1 Å². The summed E-state index contributed by atoms with van der Waals surface area (Å²) >= 11 is -0.455. The molecule has 0 aliphatic carbocycles. The van der Waals surface area contributed by atoms with Gasteiger partial charge in [0.25, 0.3) is 0 Å². The van der Waals surface area contributed by atoms with E-state index in [-0.39, 0.29) is 11.8 Å². The number of amides is 1. The van der Waals surface area contributed by atoms with E-state index in [2.05, 4.69) is 47.2 Å². The molecule has 3 aromatic rings. The van der Waals surface area contributed by atoms with Crippen LogP contribution in [0, 0.1) is 6.92 Å². The third-order valence-electron chi connectivity index (χ3n) is 5.36. The Labute approximate surface area is 184 Å². The number of likely N-dealkylation sites (tertiary alicyclic amines) is 1. The van der Waals surface area contributed by atoms with Crippen molar-refractivity contribution in [3.63, 3.8) is 0 Å². The molecular formula is C24H26AsN3O2. The standard InChI is InChI=1S/C24H26AsN3O2/c1-17-7-12-23(27-15-17)25-20-8-10-21(11-9-20)30-24-22(6-3-13-26-24)19-5-4-14-28(16-19)18(2)29/h3,6-13,15,19,25H,4-5,14,16H2,1-2H3/t19-/m0/s1. The average molecular weight is 463 g/mol. The summed E-state index contributed by atoms with van der Waals surface area (Å²) in [4.78, 5) is 22.7. The molecule has 3 heterocycles. The van der Waals surface area contributed by atoms with Gasteiger partial charge in [-0.25, -0.2) is 0 Å². The van der Waals surface area contributed by atoms with Crippen LogP contribution in [0.4, 0.5) is 0 Å². The predicted octanol–water partition coefficient (Wildman–Crippen LogP) is 2.69. The molecule has 1 fully saturated rings. The molecule has 0 N–H and O–H groups in total. The minimum atomic E-state index is -0.455. The van der Waals surface area contributed by atoms with Gasteiger partial charge in [-0.1, -0.05) is 0 Å². The van der Waals surface area contributed by atoms with Crippen LogP contribution in [0.15, 0.2) is 60.9 Å². The van der Waals surface area contributed by atoms with Gasteiger partial charge in [-0.15, -0.1) is 0 Å². The van der Waals surface area contributed by atoms with Crippen molar-refractivity contribution in [2.45, 2.75) is 32.6 Å². The van der Waals surface area contributed by atoms with Gasteiger partial charge in [0.1, 0.15) is 0 Å². The molecule has 4 rings (SSSR count). The molecule has 1 saturated heterocycles. The second kappa shape index (κ2) is 9.44. The van der Waals surface area contributed by atoms with Crippen molar-refractivity contribution < 1.29 is 9.53 Å². The zero-order chi connectivity index (χ0) is 20.9. The molecule has 1 amide bonds. The number of ether oxygens (including phenoxy) is 1. The van der Waals surface area contributed by atoms with Crippen molar-refractivity contribution >= 4 is 30.5 Å². The summed E-state index contributed by atoms with van der Waals surface area (Å²) in [6.45, 7) is 5.26. The Morgan fingerprint density at radius 2 is 1.97 bits per heavy atom. The number of carbonyl (C=O) groups excluding carboxylic acids is 1. The molecule has 0 spiro atoms. The summed E-state index contributed by atoms with van der Waals surface area (Å²) in [6, 6.07) is 16.5. The number of pyridine rings is 2. The van der Waals surface area contributed by atoms with Gasteiger partial charge in [0, 0.05) is 0 Å². The molecule has 30 heavy (non-hydrogen) atoms. The van der Waals surface area contributed by atoms with Gasteiger partial charge in [-0.3, -0.25) is 0 Å². The molecule has 154 valence electrons. The number of aromatic nitrogens is 2. The molecule has 6 heteroatoms. The van der Waals surface area contributed by atoms with Gasteiger partial charge in [-0.05, 0) is 0 Å². The number of hydrogen-bond donors (Lipinski definition) is 0. The summed E-state index contributed by atoms with van der Waals surface area (Å²) in [6.07, 6.45) is 5.73. The molecule has 0 radical (unpaired) electrons. The van der Waals surface area contributed by atoms with E-state index in [1.807, 2.05) is 29.3 Å². The normalized spacial score (nSPS) is 16.7. The minimum absolute atomic E-state index is 0.133. The zero-order valence-electron chi connectivity index (χ0n) is 17.3. The SMILES string of the molecule is CC(=O)N1CCC[C@H](c2cccnc2Oc2ccc([AsH]c3ccc(C)cn3)cc2)C1. The summed E-state index contributed by atoms with van der Waals surface area (Å²) < 4.78 is 8.65. The monoisotopic (exact) mass is 463 g/mol. The second-order valence-electron chi connectivity index (χ2n) is 7.67. The number of nitrogens with zero attached hydrogens (tertiary/aromatic N) is 3. The van der Waals surface area contributed by atoms with Gasteiger partial charge in [0.15, 0.2) is 0 Å². The van der Waals surface area contributed by atoms with E-state index >= 15 is 0 Å². The van der Waals surface area contributed by atoms with Crippen LogP contribution in [0.2, 0.25) is 0 Å². The number of hydrogen-bond acceptors (Lipinski definition) is 4. The van der Waals surface area contributed by atoms with E-state index in [1.165, 1.54) is 14.4 Å². The summed E-state index contributed by atoms with van der Waals surface area (Å²) in [5.74, 6) is 1.80. The molecule has 0 bridgehead atoms. The van der Waals surface area contributed by atoms with Crippen LogP contribution >= 0.6 is 0 Å². The van der Waals surface area contributed by atoms with Crippen LogP contribution in [0.1, 0.15) is 36.8 Å². The number of benzene rings is 1. The number of aryl methyl sites for hydroxylation is 1. The third-order valence-corrected chi connectivity index (χ3v) is 7.82. The topological polar surface area (TPSA) is 55.3 Å². The zero-order valence-corrected chi connectivity index (χ0v) is 19.4. The van der Waals surface area contributed by atoms with E-state index in [9.17, 15) is 4.79 Å². The molecule has 1 aliphatic heterocycles. The average Bonchev–Trinajstić information content (AvgIpc) is 2.77. The molecule has 1 aliphatic rings. The van der Waals surface area contributed by atoms with Crippen LogP contribution in [0.25, 0.3) is 0 Å². The first-order valence-electron chi connectivity index (χ1n) is 10.3. The Morgan fingerprint density at radius 1 is 1.13 bits per heavy atom. The van der Waals surface area contributed by atoms with Crippen LogP contribution < -0.4 is 13.6 Å². The maximum absolute atomic E-state index is 11.8. The maximum atomic E-state index is 11.8. The first kappa shape index (κ1) is 20.6. The molecule has 2 atom stereocenters. The van der Waals surface area contributed by atoms with Crippen molar-refractivity contribution in [1.29, 1.82) is 0 Å². The number of carbonyl (C=O) groups is 1. The van der Waals surface area contributed by atoms with Crippen molar-refractivity contribution in [1.82, 2.24) is 14.9 Å². The summed E-state index contributed by atoms with van der Waals surface area (Å²) in [7, 11) is 0. The molecule has 1 aromatic carbocycles. The number of rotatable bonds is 5. The van der Waals surface area contributed by atoms with E-state index < -0.39 is 15.8 Å². The van der Waals surface area contributed by atoms with Gasteiger partial charge in [0.2, 0.25) is 0 Å².